The van der Waals surface area contributed by atoms with Crippen LogP contribution in [0.25, 0.3) is 0 Å². The van der Waals surface area contributed by atoms with Crippen molar-refractivity contribution in [3.63, 3.8) is 0 Å². The molecule has 0 aliphatic rings. The Bertz CT molecular complexity index is 1410. The minimum absolute atomic E-state index is 0.0142. The number of methoxy groups -OCH3 is 1. The van der Waals surface area contributed by atoms with Gasteiger partial charge in [0.25, 0.3) is 10.0 Å². The van der Waals surface area contributed by atoms with E-state index in [1.54, 1.807) is 37.3 Å². The standard InChI is InChI=1S/C30H36FN3O5S/c1-6-28(30(36)32-21(2)3)33(19-23-12-14-24(31)15-13-23)29(35)20-34(25-8-7-9-26(18-25)39-5)40(37,38)27-16-10-22(4)11-17-27/h7-18,21,28H,6,19-20H2,1-5H3,(H,32,36)/t28-/m1/s1. The molecule has 0 bridgehead atoms. The molecule has 0 unspecified atom stereocenters. The molecule has 3 rings (SSSR count). The van der Waals surface area contributed by atoms with Crippen LogP contribution in [0.15, 0.2) is 77.7 Å². The van der Waals surface area contributed by atoms with Gasteiger partial charge in [-0.05, 0) is 69.2 Å². The monoisotopic (exact) mass is 569 g/mol. The molecule has 0 saturated heterocycles. The Balaban J connectivity index is 2.08. The lowest BCUT2D eigenvalue weighted by Gasteiger charge is -2.33. The minimum atomic E-state index is -4.19. The molecule has 3 aromatic carbocycles. The third-order valence-corrected chi connectivity index (χ3v) is 8.10. The van der Waals surface area contributed by atoms with Crippen LogP contribution in [0.5, 0.6) is 5.75 Å². The van der Waals surface area contributed by atoms with Gasteiger partial charge in [-0.2, -0.15) is 0 Å². The van der Waals surface area contributed by atoms with Crippen molar-refractivity contribution < 1.29 is 27.1 Å². The van der Waals surface area contributed by atoms with Gasteiger partial charge in [0, 0.05) is 18.7 Å². The Kier molecular flexibility index (Phi) is 10.3. The van der Waals surface area contributed by atoms with E-state index >= 15 is 0 Å². The van der Waals surface area contributed by atoms with Crippen LogP contribution in [0.2, 0.25) is 0 Å². The zero-order chi connectivity index (χ0) is 29.4. The number of aryl methyl sites for hydroxylation is 1. The number of sulfonamides is 1. The molecule has 3 aromatic rings. The molecule has 40 heavy (non-hydrogen) atoms. The molecule has 0 aromatic heterocycles. The average Bonchev–Trinajstić information content (AvgIpc) is 2.92. The van der Waals surface area contributed by atoms with Crippen LogP contribution >= 0.6 is 0 Å². The van der Waals surface area contributed by atoms with E-state index in [4.69, 9.17) is 4.74 Å². The second kappa shape index (κ2) is 13.4. The molecule has 8 nitrogen and oxygen atoms in total. The summed E-state index contributed by atoms with van der Waals surface area (Å²) in [6.07, 6.45) is 0.287. The van der Waals surface area contributed by atoms with E-state index in [1.807, 2.05) is 20.8 Å². The third kappa shape index (κ3) is 7.59. The highest BCUT2D eigenvalue weighted by molar-refractivity contribution is 7.92. The van der Waals surface area contributed by atoms with Crippen molar-refractivity contribution in [2.45, 2.75) is 57.6 Å². The summed E-state index contributed by atoms with van der Waals surface area (Å²) in [6.45, 7) is 6.67. The second-order valence-corrected chi connectivity index (χ2v) is 11.6. The zero-order valence-corrected chi connectivity index (χ0v) is 24.2. The van der Waals surface area contributed by atoms with E-state index in [-0.39, 0.29) is 35.5 Å². The van der Waals surface area contributed by atoms with Gasteiger partial charge in [0.1, 0.15) is 24.2 Å². The Hall–Kier alpha value is -3.92. The first-order valence-corrected chi connectivity index (χ1v) is 14.5. The van der Waals surface area contributed by atoms with Crippen molar-refractivity contribution in [3.05, 3.63) is 89.7 Å². The largest absolute Gasteiger partial charge is 0.497 e. The summed E-state index contributed by atoms with van der Waals surface area (Å²) >= 11 is 0. The number of nitrogens with zero attached hydrogens (tertiary/aromatic N) is 2. The smallest absolute Gasteiger partial charge is 0.264 e. The first-order valence-electron chi connectivity index (χ1n) is 13.0. The maximum atomic E-state index is 14.0. The van der Waals surface area contributed by atoms with Crippen LogP contribution in [-0.4, -0.2) is 50.9 Å². The lowest BCUT2D eigenvalue weighted by Crippen LogP contribution is -2.53. The van der Waals surface area contributed by atoms with Crippen molar-refractivity contribution >= 4 is 27.5 Å². The van der Waals surface area contributed by atoms with Gasteiger partial charge in [-0.25, -0.2) is 12.8 Å². The molecular formula is C30H36FN3O5S. The Morgan fingerprint density at radius 3 is 2.23 bits per heavy atom. The highest BCUT2D eigenvalue weighted by Gasteiger charge is 2.34. The molecule has 0 heterocycles. The summed E-state index contributed by atoms with van der Waals surface area (Å²) in [5.41, 5.74) is 1.71. The van der Waals surface area contributed by atoms with Gasteiger partial charge in [0.15, 0.2) is 0 Å². The van der Waals surface area contributed by atoms with E-state index < -0.39 is 34.3 Å². The maximum absolute atomic E-state index is 14.0. The molecule has 0 radical (unpaired) electrons. The summed E-state index contributed by atoms with van der Waals surface area (Å²) in [4.78, 5) is 28.5. The molecule has 1 N–H and O–H groups in total. The average molecular weight is 570 g/mol. The molecule has 10 heteroatoms. The van der Waals surface area contributed by atoms with Gasteiger partial charge < -0.3 is 15.0 Å². The van der Waals surface area contributed by atoms with Crippen LogP contribution < -0.4 is 14.4 Å². The van der Waals surface area contributed by atoms with Crippen LogP contribution in [0, 0.1) is 12.7 Å². The fourth-order valence-electron chi connectivity index (χ4n) is 4.22. The number of nitrogens with one attached hydrogen (secondary N) is 1. The van der Waals surface area contributed by atoms with Crippen LogP contribution in [0.1, 0.15) is 38.3 Å². The topological polar surface area (TPSA) is 96.0 Å². The number of rotatable bonds is 12. The molecule has 214 valence electrons. The highest BCUT2D eigenvalue weighted by Crippen LogP contribution is 2.28. The molecule has 0 saturated carbocycles. The fraction of sp³-hybridized carbons (Fsp3) is 0.333. The quantitative estimate of drug-likeness (QED) is 0.342. The van der Waals surface area contributed by atoms with E-state index in [1.165, 1.54) is 54.5 Å². The molecule has 0 fully saturated rings. The number of amides is 2. The summed E-state index contributed by atoms with van der Waals surface area (Å²) in [5.74, 6) is -0.963. The van der Waals surface area contributed by atoms with Crippen molar-refractivity contribution in [1.29, 1.82) is 0 Å². The summed E-state index contributed by atoms with van der Waals surface area (Å²) in [6, 6.07) is 17.3. The third-order valence-electron chi connectivity index (χ3n) is 6.31. The van der Waals surface area contributed by atoms with E-state index in [0.717, 1.165) is 9.87 Å². The minimum Gasteiger partial charge on any atom is -0.497 e. The normalized spacial score (nSPS) is 12.1. The van der Waals surface area contributed by atoms with Gasteiger partial charge in [0.2, 0.25) is 11.8 Å². The van der Waals surface area contributed by atoms with Crippen LogP contribution in [-0.2, 0) is 26.2 Å². The first kappa shape index (κ1) is 30.6. The number of carbonyl (C=O) groups is 2. The molecule has 2 amide bonds. The van der Waals surface area contributed by atoms with Gasteiger partial charge in [-0.3, -0.25) is 13.9 Å². The van der Waals surface area contributed by atoms with Crippen molar-refractivity contribution in [2.75, 3.05) is 18.0 Å². The van der Waals surface area contributed by atoms with E-state index in [0.29, 0.717) is 11.3 Å². The van der Waals surface area contributed by atoms with Gasteiger partial charge in [0.05, 0.1) is 17.7 Å². The van der Waals surface area contributed by atoms with Crippen molar-refractivity contribution in [3.8, 4) is 5.75 Å². The number of anilines is 1. The second-order valence-electron chi connectivity index (χ2n) is 9.76. The number of hydrogen-bond donors (Lipinski definition) is 1. The maximum Gasteiger partial charge on any atom is 0.264 e. The molecule has 1 atom stereocenters. The zero-order valence-electron chi connectivity index (χ0n) is 23.4. The van der Waals surface area contributed by atoms with E-state index in [9.17, 15) is 22.4 Å². The number of carbonyl (C=O) groups excluding carboxylic acids is 2. The van der Waals surface area contributed by atoms with Gasteiger partial charge in [-0.15, -0.1) is 0 Å². The number of ether oxygens (including phenoxy) is 1. The Labute approximate surface area is 235 Å². The molecule has 0 aliphatic carbocycles. The number of halogens is 1. The van der Waals surface area contributed by atoms with Crippen LogP contribution in [0.3, 0.4) is 0 Å². The number of benzene rings is 3. The predicted octanol–water partition coefficient (Wildman–Crippen LogP) is 4.67. The van der Waals surface area contributed by atoms with Crippen molar-refractivity contribution in [1.82, 2.24) is 10.2 Å². The first-order chi connectivity index (χ1) is 19.0. The number of hydrogen-bond acceptors (Lipinski definition) is 5. The fourth-order valence-corrected chi connectivity index (χ4v) is 5.62. The van der Waals surface area contributed by atoms with Crippen LogP contribution in [0.4, 0.5) is 10.1 Å². The summed E-state index contributed by atoms with van der Waals surface area (Å²) < 4.78 is 47.7. The van der Waals surface area contributed by atoms with Crippen molar-refractivity contribution in [2.24, 2.45) is 0 Å². The van der Waals surface area contributed by atoms with E-state index in [2.05, 4.69) is 5.32 Å². The summed E-state index contributed by atoms with van der Waals surface area (Å²) in [5, 5.41) is 2.84. The molecule has 0 aliphatic heterocycles. The lowest BCUT2D eigenvalue weighted by molar-refractivity contribution is -0.140. The summed E-state index contributed by atoms with van der Waals surface area (Å²) in [7, 11) is -2.73. The molecular weight excluding hydrogens is 533 g/mol. The Morgan fingerprint density at radius 2 is 1.65 bits per heavy atom. The van der Waals surface area contributed by atoms with Gasteiger partial charge in [-0.1, -0.05) is 42.8 Å². The lowest BCUT2D eigenvalue weighted by atomic mass is 10.1. The SMILES string of the molecule is CC[C@H](C(=O)NC(C)C)N(Cc1ccc(F)cc1)C(=O)CN(c1cccc(OC)c1)S(=O)(=O)c1ccc(C)cc1. The Morgan fingerprint density at radius 1 is 1.00 bits per heavy atom. The molecule has 0 spiro atoms. The highest BCUT2D eigenvalue weighted by atomic mass is 32.2. The predicted molar refractivity (Wildman–Crippen MR) is 153 cm³/mol. The van der Waals surface area contributed by atoms with Gasteiger partial charge >= 0.3 is 0 Å².